The lowest BCUT2D eigenvalue weighted by Gasteiger charge is -2.10. The topological polar surface area (TPSA) is 67.0 Å². The minimum Gasteiger partial charge on any atom is -0.495 e. The SMILES string of the molecule is COc1ccc(C)cc1NC(=O)c1n[nH]c2c1CCC2. The van der Waals surface area contributed by atoms with Crippen LogP contribution >= 0.6 is 0 Å². The number of aryl methyl sites for hydroxylation is 2. The Labute approximate surface area is 117 Å². The number of nitrogens with zero attached hydrogens (tertiary/aromatic N) is 1. The third-order valence-electron chi connectivity index (χ3n) is 3.62. The van der Waals surface area contributed by atoms with Gasteiger partial charge in [-0.3, -0.25) is 9.89 Å². The minimum absolute atomic E-state index is 0.187. The van der Waals surface area contributed by atoms with Crippen molar-refractivity contribution in [2.24, 2.45) is 0 Å². The number of ether oxygens (including phenoxy) is 1. The molecule has 104 valence electrons. The van der Waals surface area contributed by atoms with Crippen molar-refractivity contribution in [1.29, 1.82) is 0 Å². The van der Waals surface area contributed by atoms with Crippen LogP contribution in [0.2, 0.25) is 0 Å². The molecular weight excluding hydrogens is 254 g/mol. The zero-order valence-electron chi connectivity index (χ0n) is 11.6. The summed E-state index contributed by atoms with van der Waals surface area (Å²) in [4.78, 5) is 12.4. The molecule has 0 bridgehead atoms. The highest BCUT2D eigenvalue weighted by molar-refractivity contribution is 6.04. The van der Waals surface area contributed by atoms with Crippen LogP contribution in [-0.2, 0) is 12.8 Å². The Morgan fingerprint density at radius 2 is 2.25 bits per heavy atom. The van der Waals surface area contributed by atoms with Gasteiger partial charge in [-0.2, -0.15) is 5.10 Å². The van der Waals surface area contributed by atoms with Crippen LogP contribution in [-0.4, -0.2) is 23.2 Å². The summed E-state index contributed by atoms with van der Waals surface area (Å²) in [6.07, 6.45) is 2.97. The van der Waals surface area contributed by atoms with Crippen molar-refractivity contribution < 1.29 is 9.53 Å². The number of benzene rings is 1. The minimum atomic E-state index is -0.187. The van der Waals surface area contributed by atoms with Crippen molar-refractivity contribution in [2.45, 2.75) is 26.2 Å². The molecule has 1 aromatic carbocycles. The lowest BCUT2D eigenvalue weighted by molar-refractivity contribution is 0.102. The number of aromatic amines is 1. The Balaban J connectivity index is 1.87. The molecule has 1 heterocycles. The third-order valence-corrected chi connectivity index (χ3v) is 3.62. The highest BCUT2D eigenvalue weighted by Gasteiger charge is 2.23. The molecule has 0 saturated heterocycles. The molecule has 1 aliphatic carbocycles. The number of anilines is 1. The van der Waals surface area contributed by atoms with Crippen molar-refractivity contribution >= 4 is 11.6 Å². The summed E-state index contributed by atoms with van der Waals surface area (Å²) < 4.78 is 5.27. The maximum Gasteiger partial charge on any atom is 0.276 e. The van der Waals surface area contributed by atoms with Gasteiger partial charge < -0.3 is 10.1 Å². The highest BCUT2D eigenvalue weighted by atomic mass is 16.5. The number of H-pyrrole nitrogens is 1. The molecule has 5 nitrogen and oxygen atoms in total. The maximum atomic E-state index is 12.4. The molecule has 0 unspecified atom stereocenters. The average molecular weight is 271 g/mol. The number of methoxy groups -OCH3 is 1. The molecule has 0 spiro atoms. The van der Waals surface area contributed by atoms with Crippen LogP contribution in [0.4, 0.5) is 5.69 Å². The molecule has 0 atom stereocenters. The number of aromatic nitrogens is 2. The summed E-state index contributed by atoms with van der Waals surface area (Å²) in [5.74, 6) is 0.462. The second-order valence-corrected chi connectivity index (χ2v) is 5.04. The molecule has 2 N–H and O–H groups in total. The number of hydrogen-bond acceptors (Lipinski definition) is 3. The number of rotatable bonds is 3. The first-order valence-electron chi connectivity index (χ1n) is 6.71. The van der Waals surface area contributed by atoms with Crippen molar-refractivity contribution in [1.82, 2.24) is 10.2 Å². The van der Waals surface area contributed by atoms with E-state index >= 15 is 0 Å². The van der Waals surface area contributed by atoms with E-state index in [2.05, 4.69) is 15.5 Å². The van der Waals surface area contributed by atoms with E-state index in [1.807, 2.05) is 25.1 Å². The molecule has 20 heavy (non-hydrogen) atoms. The molecule has 1 amide bonds. The monoisotopic (exact) mass is 271 g/mol. The molecule has 2 aromatic rings. The van der Waals surface area contributed by atoms with Gasteiger partial charge in [-0.15, -0.1) is 0 Å². The maximum absolute atomic E-state index is 12.4. The number of hydrogen-bond donors (Lipinski definition) is 2. The molecule has 1 aromatic heterocycles. The molecule has 0 aliphatic heterocycles. The highest BCUT2D eigenvalue weighted by Crippen LogP contribution is 2.27. The summed E-state index contributed by atoms with van der Waals surface area (Å²) in [6.45, 7) is 1.97. The van der Waals surface area contributed by atoms with Gasteiger partial charge in [0.25, 0.3) is 5.91 Å². The number of carbonyl (C=O) groups excluding carboxylic acids is 1. The van der Waals surface area contributed by atoms with Gasteiger partial charge in [0.2, 0.25) is 0 Å². The number of fused-ring (bicyclic) bond motifs is 1. The smallest absolute Gasteiger partial charge is 0.276 e. The van der Waals surface area contributed by atoms with E-state index in [9.17, 15) is 4.79 Å². The van der Waals surface area contributed by atoms with E-state index in [1.54, 1.807) is 7.11 Å². The lowest BCUT2D eigenvalue weighted by Crippen LogP contribution is -2.15. The second-order valence-electron chi connectivity index (χ2n) is 5.04. The van der Waals surface area contributed by atoms with E-state index in [1.165, 1.54) is 0 Å². The zero-order chi connectivity index (χ0) is 14.1. The summed E-state index contributed by atoms with van der Waals surface area (Å²) in [5, 5.41) is 9.97. The third kappa shape index (κ3) is 2.15. The normalized spacial score (nSPS) is 13.1. The van der Waals surface area contributed by atoms with Gasteiger partial charge in [0.1, 0.15) is 5.75 Å². The fourth-order valence-corrected chi connectivity index (χ4v) is 2.61. The number of amides is 1. The van der Waals surface area contributed by atoms with Gasteiger partial charge in [-0.1, -0.05) is 6.07 Å². The summed E-state index contributed by atoms with van der Waals surface area (Å²) in [5.41, 5.74) is 4.38. The first-order valence-corrected chi connectivity index (χ1v) is 6.71. The largest absolute Gasteiger partial charge is 0.495 e. The molecule has 0 fully saturated rings. The Morgan fingerprint density at radius 3 is 3.05 bits per heavy atom. The van der Waals surface area contributed by atoms with E-state index < -0.39 is 0 Å². The molecular formula is C15H17N3O2. The zero-order valence-corrected chi connectivity index (χ0v) is 11.6. The van der Waals surface area contributed by atoms with Crippen LogP contribution in [0.3, 0.4) is 0 Å². The van der Waals surface area contributed by atoms with Crippen LogP contribution in [0, 0.1) is 6.92 Å². The van der Waals surface area contributed by atoms with Crippen LogP contribution < -0.4 is 10.1 Å². The fraction of sp³-hybridized carbons (Fsp3) is 0.333. The first-order chi connectivity index (χ1) is 9.69. The summed E-state index contributed by atoms with van der Waals surface area (Å²) in [6, 6.07) is 5.68. The van der Waals surface area contributed by atoms with Gasteiger partial charge in [-0.25, -0.2) is 0 Å². The number of carbonyl (C=O) groups is 1. The van der Waals surface area contributed by atoms with Crippen LogP contribution in [0.1, 0.15) is 33.7 Å². The van der Waals surface area contributed by atoms with E-state index in [0.29, 0.717) is 17.1 Å². The van der Waals surface area contributed by atoms with Crippen LogP contribution in [0.15, 0.2) is 18.2 Å². The molecule has 0 saturated carbocycles. The van der Waals surface area contributed by atoms with Gasteiger partial charge >= 0.3 is 0 Å². The van der Waals surface area contributed by atoms with Gasteiger partial charge in [-0.05, 0) is 43.9 Å². The van der Waals surface area contributed by atoms with Gasteiger partial charge in [0.15, 0.2) is 5.69 Å². The van der Waals surface area contributed by atoms with Crippen molar-refractivity contribution in [3.05, 3.63) is 40.7 Å². The molecule has 3 rings (SSSR count). The lowest BCUT2D eigenvalue weighted by atomic mass is 10.1. The number of nitrogens with one attached hydrogen (secondary N) is 2. The average Bonchev–Trinajstić information content (AvgIpc) is 3.01. The Bertz CT molecular complexity index is 661. The summed E-state index contributed by atoms with van der Waals surface area (Å²) >= 11 is 0. The molecule has 5 heteroatoms. The van der Waals surface area contributed by atoms with Gasteiger partial charge in [0.05, 0.1) is 12.8 Å². The van der Waals surface area contributed by atoms with E-state index in [0.717, 1.165) is 36.1 Å². The van der Waals surface area contributed by atoms with E-state index in [-0.39, 0.29) is 5.91 Å². The van der Waals surface area contributed by atoms with Gasteiger partial charge in [0, 0.05) is 11.3 Å². The Morgan fingerprint density at radius 1 is 1.40 bits per heavy atom. The fourth-order valence-electron chi connectivity index (χ4n) is 2.61. The Hall–Kier alpha value is -2.30. The predicted molar refractivity (Wildman–Crippen MR) is 76.3 cm³/mol. The summed E-state index contributed by atoms with van der Waals surface area (Å²) in [7, 11) is 1.59. The first kappa shape index (κ1) is 12.7. The van der Waals surface area contributed by atoms with Crippen molar-refractivity contribution in [3.8, 4) is 5.75 Å². The Kier molecular flexibility index (Phi) is 3.18. The standard InChI is InChI=1S/C15H17N3O2/c1-9-6-7-13(20-2)12(8-9)16-15(19)14-10-4-3-5-11(10)17-18-14/h6-8H,3-5H2,1-2H3,(H,16,19)(H,17,18). The van der Waals surface area contributed by atoms with Crippen molar-refractivity contribution in [3.63, 3.8) is 0 Å². The quantitative estimate of drug-likeness (QED) is 0.901. The predicted octanol–water partition coefficient (Wildman–Crippen LogP) is 2.47. The van der Waals surface area contributed by atoms with Crippen LogP contribution in [0.25, 0.3) is 0 Å². The van der Waals surface area contributed by atoms with Crippen LogP contribution in [0.5, 0.6) is 5.75 Å². The molecule has 1 aliphatic rings. The molecule has 0 radical (unpaired) electrons. The van der Waals surface area contributed by atoms with E-state index in [4.69, 9.17) is 4.74 Å². The second kappa shape index (κ2) is 5.00. The van der Waals surface area contributed by atoms with Crippen molar-refractivity contribution in [2.75, 3.05) is 12.4 Å².